The van der Waals surface area contributed by atoms with Crippen LogP contribution in [0, 0.1) is 18.3 Å². The van der Waals surface area contributed by atoms with Crippen molar-refractivity contribution in [1.82, 2.24) is 0 Å². The molecule has 2 rings (SSSR count). The van der Waals surface area contributed by atoms with Crippen LogP contribution in [0.3, 0.4) is 0 Å². The molecule has 18 heavy (non-hydrogen) atoms. The average Bonchev–Trinajstić information content (AvgIpc) is 2.59. The summed E-state index contributed by atoms with van der Waals surface area (Å²) in [6.07, 6.45) is 0.741. The van der Waals surface area contributed by atoms with Crippen molar-refractivity contribution in [3.05, 3.63) is 28.3 Å². The van der Waals surface area contributed by atoms with Gasteiger partial charge in [0.05, 0.1) is 22.2 Å². The number of anilines is 1. The molecule has 0 spiro atoms. The summed E-state index contributed by atoms with van der Waals surface area (Å²) >= 11 is 6.18. The molecule has 1 aromatic rings. The normalized spacial score (nSPS) is 27.3. The first-order chi connectivity index (χ1) is 8.38. The van der Waals surface area contributed by atoms with Gasteiger partial charge in [-0.2, -0.15) is 5.26 Å². The third-order valence-corrected chi connectivity index (χ3v) is 4.50. The standard InChI is InChI=1S/C14H17ClN2O/c1-9-12(5-4-11(8-16)13(9)15)17-7-6-14(3,18)10(17)2/h4-5,10,18H,6-7H2,1-3H3/t10-,14-/m0/s1. The molecule has 1 saturated heterocycles. The number of halogens is 1. The van der Waals surface area contributed by atoms with Gasteiger partial charge in [0, 0.05) is 12.2 Å². The van der Waals surface area contributed by atoms with Crippen LogP contribution in [0.1, 0.15) is 31.4 Å². The van der Waals surface area contributed by atoms with E-state index in [1.165, 1.54) is 0 Å². The molecule has 0 aliphatic carbocycles. The maximum absolute atomic E-state index is 10.2. The highest BCUT2D eigenvalue weighted by molar-refractivity contribution is 6.32. The Morgan fingerprint density at radius 2 is 2.22 bits per heavy atom. The van der Waals surface area contributed by atoms with Gasteiger partial charge in [-0.25, -0.2) is 0 Å². The first kappa shape index (κ1) is 13.2. The molecule has 0 unspecified atom stereocenters. The Kier molecular flexibility index (Phi) is 3.27. The molecule has 0 radical (unpaired) electrons. The van der Waals surface area contributed by atoms with Gasteiger partial charge in [-0.3, -0.25) is 0 Å². The van der Waals surface area contributed by atoms with Crippen molar-refractivity contribution >= 4 is 17.3 Å². The van der Waals surface area contributed by atoms with E-state index in [0.29, 0.717) is 10.6 Å². The maximum atomic E-state index is 10.2. The quantitative estimate of drug-likeness (QED) is 0.848. The van der Waals surface area contributed by atoms with Crippen LogP contribution in [0.15, 0.2) is 12.1 Å². The molecule has 0 saturated carbocycles. The third kappa shape index (κ3) is 1.96. The van der Waals surface area contributed by atoms with Crippen LogP contribution in [-0.2, 0) is 0 Å². The molecule has 2 atom stereocenters. The summed E-state index contributed by atoms with van der Waals surface area (Å²) < 4.78 is 0. The average molecular weight is 265 g/mol. The maximum Gasteiger partial charge on any atom is 0.101 e. The summed E-state index contributed by atoms with van der Waals surface area (Å²) in [6, 6.07) is 5.78. The predicted octanol–water partition coefficient (Wildman–Crippen LogP) is 2.87. The van der Waals surface area contributed by atoms with Crippen molar-refractivity contribution < 1.29 is 5.11 Å². The fourth-order valence-electron chi connectivity index (χ4n) is 2.49. The van der Waals surface area contributed by atoms with Gasteiger partial charge in [-0.05, 0) is 44.9 Å². The van der Waals surface area contributed by atoms with Crippen molar-refractivity contribution in [3.8, 4) is 6.07 Å². The molecule has 1 heterocycles. The van der Waals surface area contributed by atoms with Gasteiger partial charge in [-0.1, -0.05) is 11.6 Å². The van der Waals surface area contributed by atoms with Crippen molar-refractivity contribution in [2.75, 3.05) is 11.4 Å². The number of benzene rings is 1. The second kappa shape index (κ2) is 4.46. The lowest BCUT2D eigenvalue weighted by Gasteiger charge is -2.31. The lowest BCUT2D eigenvalue weighted by atomic mass is 9.98. The fourth-order valence-corrected chi connectivity index (χ4v) is 2.69. The highest BCUT2D eigenvalue weighted by Crippen LogP contribution is 2.37. The largest absolute Gasteiger partial charge is 0.388 e. The highest BCUT2D eigenvalue weighted by atomic mass is 35.5. The summed E-state index contributed by atoms with van der Waals surface area (Å²) in [5.74, 6) is 0. The van der Waals surface area contributed by atoms with Crippen LogP contribution in [0.4, 0.5) is 5.69 Å². The van der Waals surface area contributed by atoms with Gasteiger partial charge < -0.3 is 10.0 Å². The van der Waals surface area contributed by atoms with Crippen LogP contribution in [0.25, 0.3) is 0 Å². The summed E-state index contributed by atoms with van der Waals surface area (Å²) in [7, 11) is 0. The molecule has 0 bridgehead atoms. The number of rotatable bonds is 1. The van der Waals surface area contributed by atoms with Gasteiger partial charge >= 0.3 is 0 Å². The molecule has 4 heteroatoms. The Bertz CT molecular complexity index is 519. The molecule has 0 aromatic heterocycles. The Morgan fingerprint density at radius 1 is 1.56 bits per heavy atom. The Morgan fingerprint density at radius 3 is 2.72 bits per heavy atom. The Hall–Kier alpha value is -1.24. The summed E-state index contributed by atoms with van der Waals surface area (Å²) in [6.45, 7) is 6.59. The zero-order chi connectivity index (χ0) is 13.5. The molecule has 1 aliphatic rings. The van der Waals surface area contributed by atoms with Gasteiger partial charge in [0.25, 0.3) is 0 Å². The van der Waals surface area contributed by atoms with Gasteiger partial charge in [0.15, 0.2) is 0 Å². The van der Waals surface area contributed by atoms with E-state index in [9.17, 15) is 5.11 Å². The van der Waals surface area contributed by atoms with Crippen molar-refractivity contribution in [1.29, 1.82) is 5.26 Å². The fraction of sp³-hybridized carbons (Fsp3) is 0.500. The minimum absolute atomic E-state index is 0.0419. The van der Waals surface area contributed by atoms with Gasteiger partial charge in [0.1, 0.15) is 6.07 Å². The molecular weight excluding hydrogens is 248 g/mol. The number of nitrogens with zero attached hydrogens (tertiary/aromatic N) is 2. The van der Waals surface area contributed by atoms with Crippen LogP contribution in [0.2, 0.25) is 5.02 Å². The predicted molar refractivity (Wildman–Crippen MR) is 73.0 cm³/mol. The van der Waals surface area contributed by atoms with Crippen molar-refractivity contribution in [2.24, 2.45) is 0 Å². The van der Waals surface area contributed by atoms with Crippen molar-refractivity contribution in [2.45, 2.75) is 38.8 Å². The van der Waals surface area contributed by atoms with E-state index in [1.807, 2.05) is 26.8 Å². The summed E-state index contributed by atoms with van der Waals surface area (Å²) in [5, 5.41) is 19.7. The van der Waals surface area contributed by atoms with E-state index in [2.05, 4.69) is 11.0 Å². The molecule has 96 valence electrons. The molecule has 1 aliphatic heterocycles. The summed E-state index contributed by atoms with van der Waals surface area (Å²) in [4.78, 5) is 2.16. The van der Waals surface area contributed by atoms with E-state index in [0.717, 1.165) is 24.2 Å². The van der Waals surface area contributed by atoms with E-state index < -0.39 is 5.60 Å². The number of hydrogen-bond donors (Lipinski definition) is 1. The minimum Gasteiger partial charge on any atom is -0.388 e. The smallest absolute Gasteiger partial charge is 0.101 e. The number of nitriles is 1. The van der Waals surface area contributed by atoms with E-state index in [4.69, 9.17) is 16.9 Å². The zero-order valence-electron chi connectivity index (χ0n) is 10.9. The molecule has 1 fully saturated rings. The van der Waals surface area contributed by atoms with Crippen LogP contribution in [0.5, 0.6) is 0 Å². The number of hydrogen-bond acceptors (Lipinski definition) is 3. The lowest BCUT2D eigenvalue weighted by molar-refractivity contribution is 0.0566. The monoisotopic (exact) mass is 264 g/mol. The third-order valence-electron chi connectivity index (χ3n) is 4.01. The van der Waals surface area contributed by atoms with E-state index in [1.54, 1.807) is 6.07 Å². The topological polar surface area (TPSA) is 47.3 Å². The molecule has 0 amide bonds. The van der Waals surface area contributed by atoms with E-state index >= 15 is 0 Å². The van der Waals surface area contributed by atoms with Crippen LogP contribution in [-0.4, -0.2) is 23.3 Å². The van der Waals surface area contributed by atoms with Crippen LogP contribution < -0.4 is 4.90 Å². The second-order valence-electron chi connectivity index (χ2n) is 5.16. The molecular formula is C14H17ClN2O. The Labute approximate surface area is 113 Å². The minimum atomic E-state index is -0.674. The van der Waals surface area contributed by atoms with Gasteiger partial charge in [-0.15, -0.1) is 0 Å². The lowest BCUT2D eigenvalue weighted by Crippen LogP contribution is -2.40. The highest BCUT2D eigenvalue weighted by Gasteiger charge is 2.39. The zero-order valence-corrected chi connectivity index (χ0v) is 11.6. The van der Waals surface area contributed by atoms with E-state index in [-0.39, 0.29) is 6.04 Å². The number of aliphatic hydroxyl groups is 1. The Balaban J connectivity index is 2.43. The first-order valence-electron chi connectivity index (χ1n) is 6.06. The summed E-state index contributed by atoms with van der Waals surface area (Å²) in [5.41, 5.74) is 1.73. The first-order valence-corrected chi connectivity index (χ1v) is 6.44. The van der Waals surface area contributed by atoms with Crippen molar-refractivity contribution in [3.63, 3.8) is 0 Å². The molecule has 3 nitrogen and oxygen atoms in total. The SMILES string of the molecule is Cc1c(N2CC[C@](C)(O)[C@@H]2C)ccc(C#N)c1Cl. The molecule has 1 N–H and O–H groups in total. The second-order valence-corrected chi connectivity index (χ2v) is 5.54. The van der Waals surface area contributed by atoms with Gasteiger partial charge in [0.2, 0.25) is 0 Å². The molecule has 1 aromatic carbocycles. The van der Waals surface area contributed by atoms with Crippen LogP contribution >= 0.6 is 11.6 Å².